The third-order valence-corrected chi connectivity index (χ3v) is 2.87. The number of methoxy groups -OCH3 is 1. The summed E-state index contributed by atoms with van der Waals surface area (Å²) in [6, 6.07) is 5.46. The van der Waals surface area contributed by atoms with Crippen LogP contribution in [0.15, 0.2) is 28.6 Å². The average molecular weight is 205 g/mol. The summed E-state index contributed by atoms with van der Waals surface area (Å²) >= 11 is 1.56. The van der Waals surface area contributed by atoms with Crippen LogP contribution in [0.5, 0.6) is 5.75 Å². The van der Waals surface area contributed by atoms with Gasteiger partial charge in [0.15, 0.2) is 0 Å². The molecule has 1 heterocycles. The van der Waals surface area contributed by atoms with E-state index in [0.29, 0.717) is 5.69 Å². The summed E-state index contributed by atoms with van der Waals surface area (Å²) in [6.45, 7) is 0. The van der Waals surface area contributed by atoms with Gasteiger partial charge >= 0.3 is 0 Å². The molecule has 0 bridgehead atoms. The first-order valence-electron chi connectivity index (χ1n) is 3.99. The lowest BCUT2D eigenvalue weighted by Gasteiger charge is -2.01. The summed E-state index contributed by atoms with van der Waals surface area (Å²) in [5.74, 6) is 0.805. The van der Waals surface area contributed by atoms with Gasteiger partial charge in [0.05, 0.1) is 17.5 Å². The van der Waals surface area contributed by atoms with Crippen LogP contribution in [0.1, 0.15) is 0 Å². The summed E-state index contributed by atoms with van der Waals surface area (Å²) in [6.07, 6.45) is 1.54. The molecule has 2 aromatic rings. The van der Waals surface area contributed by atoms with Crippen LogP contribution >= 0.6 is 11.3 Å². The molecule has 0 amide bonds. The Morgan fingerprint density at radius 2 is 2.29 bits per heavy atom. The van der Waals surface area contributed by atoms with Gasteiger partial charge in [-0.3, -0.25) is 0 Å². The Morgan fingerprint density at radius 1 is 1.43 bits per heavy atom. The molecule has 0 aliphatic rings. The number of fused-ring (bicyclic) bond motifs is 1. The standard InChI is InChI=1S/C10H7NO2S/c1-13-9-3-2-8(11-6-12)7-4-5-14-10(7)9/h2-5H,1H3. The molecular formula is C10H7NO2S. The van der Waals surface area contributed by atoms with E-state index >= 15 is 0 Å². The Bertz CT molecular complexity index is 512. The van der Waals surface area contributed by atoms with Crippen molar-refractivity contribution in [2.24, 2.45) is 4.99 Å². The lowest BCUT2D eigenvalue weighted by atomic mass is 10.2. The van der Waals surface area contributed by atoms with Crippen molar-refractivity contribution in [2.45, 2.75) is 0 Å². The average Bonchev–Trinajstić information content (AvgIpc) is 2.67. The summed E-state index contributed by atoms with van der Waals surface area (Å²) in [5.41, 5.74) is 0.636. The largest absolute Gasteiger partial charge is 0.495 e. The molecular weight excluding hydrogens is 198 g/mol. The first kappa shape index (κ1) is 8.94. The normalized spacial score (nSPS) is 9.79. The smallest absolute Gasteiger partial charge is 0.240 e. The SMILES string of the molecule is COc1ccc(N=C=O)c2ccsc12. The second kappa shape index (κ2) is 3.62. The van der Waals surface area contributed by atoms with Crippen molar-refractivity contribution in [3.05, 3.63) is 23.6 Å². The Balaban J connectivity index is 2.77. The Labute approximate surface area is 84.7 Å². The van der Waals surface area contributed by atoms with Gasteiger partial charge in [-0.25, -0.2) is 4.79 Å². The van der Waals surface area contributed by atoms with Gasteiger partial charge in [-0.1, -0.05) is 0 Å². The van der Waals surface area contributed by atoms with Crippen LogP contribution in [-0.4, -0.2) is 13.2 Å². The van der Waals surface area contributed by atoms with Crippen molar-refractivity contribution in [1.82, 2.24) is 0 Å². The third-order valence-electron chi connectivity index (χ3n) is 1.94. The van der Waals surface area contributed by atoms with Crippen LogP contribution in [0.4, 0.5) is 5.69 Å². The highest BCUT2D eigenvalue weighted by Gasteiger charge is 2.06. The molecule has 0 fully saturated rings. The number of benzene rings is 1. The van der Waals surface area contributed by atoms with Crippen molar-refractivity contribution in [3.8, 4) is 5.75 Å². The van der Waals surface area contributed by atoms with Gasteiger partial charge in [0.25, 0.3) is 0 Å². The van der Waals surface area contributed by atoms with E-state index in [0.717, 1.165) is 15.8 Å². The zero-order valence-corrected chi connectivity index (χ0v) is 8.30. The third kappa shape index (κ3) is 1.31. The molecule has 70 valence electrons. The summed E-state index contributed by atoms with van der Waals surface area (Å²) in [4.78, 5) is 13.8. The van der Waals surface area contributed by atoms with Crippen molar-refractivity contribution >= 4 is 33.2 Å². The fourth-order valence-corrected chi connectivity index (χ4v) is 2.24. The summed E-state index contributed by atoms with van der Waals surface area (Å²) in [5, 5.41) is 2.87. The first-order valence-corrected chi connectivity index (χ1v) is 4.87. The number of hydrogen-bond donors (Lipinski definition) is 0. The van der Waals surface area contributed by atoms with Crippen LogP contribution in [0, 0.1) is 0 Å². The van der Waals surface area contributed by atoms with Crippen molar-refractivity contribution in [3.63, 3.8) is 0 Å². The summed E-state index contributed by atoms with van der Waals surface area (Å²) < 4.78 is 6.19. The second-order valence-corrected chi connectivity index (χ2v) is 3.57. The lowest BCUT2D eigenvalue weighted by molar-refractivity contribution is 0.420. The number of hydrogen-bond acceptors (Lipinski definition) is 4. The predicted molar refractivity (Wildman–Crippen MR) is 56.2 cm³/mol. The molecule has 0 saturated heterocycles. The lowest BCUT2D eigenvalue weighted by Crippen LogP contribution is -1.81. The van der Waals surface area contributed by atoms with E-state index in [9.17, 15) is 4.79 Å². The Hall–Kier alpha value is -1.64. The van der Waals surface area contributed by atoms with Crippen LogP contribution in [0.3, 0.4) is 0 Å². The van der Waals surface area contributed by atoms with E-state index in [1.54, 1.807) is 36.7 Å². The van der Waals surface area contributed by atoms with E-state index < -0.39 is 0 Å². The number of aliphatic imine (C=N–C) groups is 1. The maximum atomic E-state index is 10.2. The monoisotopic (exact) mass is 205 g/mol. The number of rotatable bonds is 2. The minimum atomic E-state index is 0.636. The van der Waals surface area contributed by atoms with Crippen molar-refractivity contribution in [1.29, 1.82) is 0 Å². The molecule has 3 nitrogen and oxygen atoms in total. The topological polar surface area (TPSA) is 38.7 Å². The minimum Gasteiger partial charge on any atom is -0.495 e. The fraction of sp³-hybridized carbons (Fsp3) is 0.100. The van der Waals surface area contributed by atoms with Gasteiger partial charge in [-0.2, -0.15) is 4.99 Å². The quantitative estimate of drug-likeness (QED) is 0.558. The van der Waals surface area contributed by atoms with Crippen LogP contribution in [-0.2, 0) is 4.79 Å². The molecule has 1 aromatic carbocycles. The number of isocyanates is 1. The Kier molecular flexibility index (Phi) is 2.31. The molecule has 0 N–H and O–H groups in total. The fourth-order valence-electron chi connectivity index (χ4n) is 1.33. The molecule has 14 heavy (non-hydrogen) atoms. The predicted octanol–water partition coefficient (Wildman–Crippen LogP) is 2.88. The van der Waals surface area contributed by atoms with Crippen LogP contribution in [0.2, 0.25) is 0 Å². The highest BCUT2D eigenvalue weighted by Crippen LogP contribution is 2.36. The highest BCUT2D eigenvalue weighted by molar-refractivity contribution is 7.17. The molecule has 0 saturated carbocycles. The van der Waals surface area contributed by atoms with Gasteiger partial charge in [0.1, 0.15) is 5.75 Å². The van der Waals surface area contributed by atoms with Gasteiger partial charge < -0.3 is 4.74 Å². The van der Waals surface area contributed by atoms with Crippen molar-refractivity contribution in [2.75, 3.05) is 7.11 Å². The maximum absolute atomic E-state index is 10.2. The summed E-state index contributed by atoms with van der Waals surface area (Å²) in [7, 11) is 1.62. The molecule has 0 atom stereocenters. The van der Waals surface area contributed by atoms with E-state index in [1.165, 1.54) is 0 Å². The van der Waals surface area contributed by atoms with Gasteiger partial charge in [-0.05, 0) is 23.6 Å². The molecule has 0 aliphatic carbocycles. The minimum absolute atomic E-state index is 0.636. The molecule has 0 aliphatic heterocycles. The van der Waals surface area contributed by atoms with Gasteiger partial charge in [0.2, 0.25) is 6.08 Å². The molecule has 4 heteroatoms. The van der Waals surface area contributed by atoms with Gasteiger partial charge in [-0.15, -0.1) is 11.3 Å². The Morgan fingerprint density at radius 3 is 3.00 bits per heavy atom. The highest BCUT2D eigenvalue weighted by atomic mass is 32.1. The number of carbonyl (C=O) groups excluding carboxylic acids is 1. The number of ether oxygens (including phenoxy) is 1. The second-order valence-electron chi connectivity index (χ2n) is 2.65. The molecule has 1 aromatic heterocycles. The van der Waals surface area contributed by atoms with Crippen LogP contribution < -0.4 is 4.74 Å². The van der Waals surface area contributed by atoms with Crippen molar-refractivity contribution < 1.29 is 9.53 Å². The maximum Gasteiger partial charge on any atom is 0.240 e. The molecule has 0 unspecified atom stereocenters. The number of thiophene rings is 1. The molecule has 2 rings (SSSR count). The zero-order valence-electron chi connectivity index (χ0n) is 7.48. The van der Waals surface area contributed by atoms with Gasteiger partial charge in [0, 0.05) is 5.39 Å². The van der Waals surface area contributed by atoms with E-state index in [-0.39, 0.29) is 0 Å². The zero-order chi connectivity index (χ0) is 9.97. The number of nitrogens with zero attached hydrogens (tertiary/aromatic N) is 1. The van der Waals surface area contributed by atoms with E-state index in [2.05, 4.69) is 4.99 Å². The molecule has 0 radical (unpaired) electrons. The van der Waals surface area contributed by atoms with Crippen LogP contribution in [0.25, 0.3) is 10.1 Å². The molecule has 0 spiro atoms. The van der Waals surface area contributed by atoms with E-state index in [4.69, 9.17) is 4.74 Å². The first-order chi connectivity index (χ1) is 6.86. The van der Waals surface area contributed by atoms with E-state index in [1.807, 2.05) is 11.4 Å².